The zero-order valence-electron chi connectivity index (χ0n) is 21.9. The third-order valence-electron chi connectivity index (χ3n) is 6.44. The lowest BCUT2D eigenvalue weighted by Crippen LogP contribution is -2.20. The van der Waals surface area contributed by atoms with Crippen LogP contribution >= 0.6 is 22.9 Å². The fraction of sp³-hybridized carbons (Fsp3) is 0.207. The van der Waals surface area contributed by atoms with E-state index in [0.29, 0.717) is 22.1 Å². The van der Waals surface area contributed by atoms with Crippen molar-refractivity contribution in [2.24, 2.45) is 4.99 Å². The maximum atomic E-state index is 13.3. The topological polar surface area (TPSA) is 122 Å². The molecular weight excluding hydrogens is 548 g/mol. The van der Waals surface area contributed by atoms with E-state index in [1.54, 1.807) is 35.6 Å². The van der Waals surface area contributed by atoms with Gasteiger partial charge in [-0.1, -0.05) is 41.6 Å². The first kappa shape index (κ1) is 27.1. The number of amides is 2. The molecule has 0 saturated carbocycles. The molecule has 0 fully saturated rings. The molecule has 2 amide bonds. The van der Waals surface area contributed by atoms with Crippen LogP contribution in [0.3, 0.4) is 0 Å². The van der Waals surface area contributed by atoms with Crippen LogP contribution in [0.15, 0.2) is 53.5 Å². The van der Waals surface area contributed by atoms with E-state index in [-0.39, 0.29) is 18.9 Å². The van der Waals surface area contributed by atoms with Crippen molar-refractivity contribution >= 4 is 46.3 Å². The smallest absolute Gasteiger partial charge is 0.405 e. The molecule has 2 aromatic heterocycles. The summed E-state index contributed by atoms with van der Waals surface area (Å²) in [5.41, 5.74) is 5.02. The number of rotatable bonds is 5. The maximum Gasteiger partial charge on any atom is 0.405 e. The van der Waals surface area contributed by atoms with Gasteiger partial charge in [0.15, 0.2) is 5.82 Å². The van der Waals surface area contributed by atoms with Crippen molar-refractivity contribution in [1.82, 2.24) is 20.1 Å². The Kier molecular flexibility index (Phi) is 7.69. The van der Waals surface area contributed by atoms with Gasteiger partial charge in [0.2, 0.25) is 5.91 Å². The number of carboxylic acid groups (broad SMARTS) is 1. The van der Waals surface area contributed by atoms with Crippen molar-refractivity contribution in [1.29, 1.82) is 0 Å². The summed E-state index contributed by atoms with van der Waals surface area (Å²) >= 11 is 7.83. The van der Waals surface area contributed by atoms with Crippen LogP contribution in [-0.2, 0) is 4.79 Å². The number of nitrogens with zero attached hydrogens (tertiary/aromatic N) is 4. The number of carbonyl (C=O) groups is 2. The molecule has 4 aromatic rings. The van der Waals surface area contributed by atoms with E-state index in [0.717, 1.165) is 33.2 Å². The normalized spacial score (nSPS) is 13.7. The Hall–Kier alpha value is -4.46. The Morgan fingerprint density at radius 1 is 1.12 bits per heavy atom. The highest BCUT2D eigenvalue weighted by Gasteiger charge is 2.32. The molecule has 0 bridgehead atoms. The van der Waals surface area contributed by atoms with Gasteiger partial charge in [-0.25, -0.2) is 4.79 Å². The van der Waals surface area contributed by atoms with Gasteiger partial charge < -0.3 is 15.7 Å². The first-order valence-electron chi connectivity index (χ1n) is 12.4. The Bertz CT molecular complexity index is 1710. The van der Waals surface area contributed by atoms with Crippen LogP contribution in [0, 0.1) is 32.6 Å². The molecule has 0 aliphatic carbocycles. The molecule has 1 aliphatic heterocycles. The fourth-order valence-electron chi connectivity index (χ4n) is 4.46. The number of nitrogens with one attached hydrogen (secondary N) is 2. The number of carbonyl (C=O) groups excluding carboxylic acids is 1. The lowest BCUT2D eigenvalue weighted by Gasteiger charge is -2.13. The van der Waals surface area contributed by atoms with Gasteiger partial charge >= 0.3 is 6.09 Å². The molecular formula is C29H25ClN6O3S. The quantitative estimate of drug-likeness (QED) is 0.275. The molecule has 3 heterocycles. The van der Waals surface area contributed by atoms with Gasteiger partial charge in [0, 0.05) is 32.3 Å². The first-order chi connectivity index (χ1) is 19.2. The monoisotopic (exact) mass is 572 g/mol. The van der Waals surface area contributed by atoms with Gasteiger partial charge in [-0.3, -0.25) is 14.4 Å². The number of hydrogen-bond acceptors (Lipinski definition) is 6. The number of halogens is 1. The second-order valence-corrected chi connectivity index (χ2v) is 10.8. The Balaban J connectivity index is 1.47. The highest BCUT2D eigenvalue weighted by Crippen LogP contribution is 2.39. The summed E-state index contributed by atoms with van der Waals surface area (Å²) in [6, 6.07) is 14.0. The van der Waals surface area contributed by atoms with Gasteiger partial charge in [0.1, 0.15) is 16.9 Å². The predicted octanol–water partition coefficient (Wildman–Crippen LogP) is 5.45. The molecule has 0 spiro atoms. The van der Waals surface area contributed by atoms with E-state index >= 15 is 0 Å². The number of anilines is 1. The molecule has 0 unspecified atom stereocenters. The van der Waals surface area contributed by atoms with Crippen LogP contribution in [0.25, 0.3) is 5.00 Å². The first-order valence-corrected chi connectivity index (χ1v) is 13.6. The van der Waals surface area contributed by atoms with Gasteiger partial charge in [0.05, 0.1) is 18.7 Å². The average molecular weight is 573 g/mol. The molecule has 1 atom stereocenters. The van der Waals surface area contributed by atoms with Gasteiger partial charge in [0.25, 0.3) is 0 Å². The average Bonchev–Trinajstić information content (AvgIpc) is 3.39. The summed E-state index contributed by atoms with van der Waals surface area (Å²) in [6.07, 6.45) is -1.09. The zero-order valence-corrected chi connectivity index (χ0v) is 23.5. The van der Waals surface area contributed by atoms with Gasteiger partial charge in [-0.2, -0.15) is 0 Å². The number of hydrogen-bond donors (Lipinski definition) is 3. The fourth-order valence-corrected chi connectivity index (χ4v) is 5.80. The minimum absolute atomic E-state index is 0.00609. The number of fused-ring (bicyclic) bond motifs is 3. The molecule has 11 heteroatoms. The summed E-state index contributed by atoms with van der Waals surface area (Å²) < 4.78 is 2.01. The van der Waals surface area contributed by atoms with Crippen molar-refractivity contribution in [3.8, 4) is 16.8 Å². The second-order valence-electron chi connectivity index (χ2n) is 9.20. The summed E-state index contributed by atoms with van der Waals surface area (Å²) in [7, 11) is 0. The van der Waals surface area contributed by atoms with Gasteiger partial charge in [-0.05, 0) is 56.7 Å². The number of benzene rings is 2. The van der Waals surface area contributed by atoms with E-state index in [1.165, 1.54) is 4.88 Å². The van der Waals surface area contributed by atoms with Crippen molar-refractivity contribution in [2.75, 3.05) is 11.9 Å². The number of aryl methyl sites for hydroxylation is 2. The molecule has 9 nitrogen and oxygen atoms in total. The Morgan fingerprint density at radius 3 is 2.65 bits per heavy atom. The van der Waals surface area contributed by atoms with Crippen molar-refractivity contribution in [3.05, 3.63) is 92.3 Å². The minimum Gasteiger partial charge on any atom is -0.465 e. The molecule has 0 saturated heterocycles. The SMILES string of the molecule is Cc1sc2c(c1C)C(c1ccc(Cl)cc1)=N[C@@H](CC(=O)Nc1cccc(C#CCNC(=O)O)c1)c1nnc(C)n1-2. The molecule has 2 aromatic carbocycles. The second kappa shape index (κ2) is 11.3. The third-order valence-corrected chi connectivity index (χ3v) is 7.89. The summed E-state index contributed by atoms with van der Waals surface area (Å²) in [5.74, 6) is 6.71. The van der Waals surface area contributed by atoms with E-state index in [9.17, 15) is 9.59 Å². The number of aromatic nitrogens is 3. The molecule has 0 radical (unpaired) electrons. The molecule has 202 valence electrons. The van der Waals surface area contributed by atoms with E-state index in [2.05, 4.69) is 46.5 Å². The lowest BCUT2D eigenvalue weighted by atomic mass is 9.99. The Labute approximate surface area is 239 Å². The number of aliphatic imine (C=N–C) groups is 1. The van der Waals surface area contributed by atoms with Gasteiger partial charge in [-0.15, -0.1) is 21.5 Å². The maximum absolute atomic E-state index is 13.3. The third kappa shape index (κ3) is 5.61. The molecule has 3 N–H and O–H groups in total. The lowest BCUT2D eigenvalue weighted by molar-refractivity contribution is -0.116. The molecule has 40 heavy (non-hydrogen) atoms. The molecule has 1 aliphatic rings. The van der Waals surface area contributed by atoms with E-state index in [1.807, 2.05) is 35.8 Å². The summed E-state index contributed by atoms with van der Waals surface area (Å²) in [6.45, 7) is 6.06. The van der Waals surface area contributed by atoms with Crippen LogP contribution in [-0.4, -0.2) is 44.1 Å². The standard InChI is InChI=1S/C29H25ClN6O3S/c1-16-17(2)40-28-25(16)26(20-9-11-21(30)12-10-20)33-23(27-35-34-18(3)36(27)28)15-24(37)32-22-8-4-6-19(14-22)7-5-13-31-29(38)39/h4,6,8-12,14,23,31H,13,15H2,1-3H3,(H,32,37)(H,38,39)/t23-/m0/s1. The number of thiophene rings is 1. The highest BCUT2D eigenvalue weighted by atomic mass is 35.5. The summed E-state index contributed by atoms with van der Waals surface area (Å²) in [5, 5.41) is 24.2. The van der Waals surface area contributed by atoms with Crippen LogP contribution < -0.4 is 10.6 Å². The van der Waals surface area contributed by atoms with E-state index < -0.39 is 12.1 Å². The largest absolute Gasteiger partial charge is 0.465 e. The summed E-state index contributed by atoms with van der Waals surface area (Å²) in [4.78, 5) is 30.2. The van der Waals surface area contributed by atoms with Crippen LogP contribution in [0.4, 0.5) is 10.5 Å². The van der Waals surface area contributed by atoms with Crippen LogP contribution in [0.5, 0.6) is 0 Å². The predicted molar refractivity (Wildman–Crippen MR) is 156 cm³/mol. The Morgan fingerprint density at radius 2 is 1.90 bits per heavy atom. The highest BCUT2D eigenvalue weighted by molar-refractivity contribution is 7.15. The minimum atomic E-state index is -1.14. The van der Waals surface area contributed by atoms with Crippen molar-refractivity contribution in [3.63, 3.8) is 0 Å². The van der Waals surface area contributed by atoms with Crippen LogP contribution in [0.1, 0.15) is 51.2 Å². The van der Waals surface area contributed by atoms with Crippen LogP contribution in [0.2, 0.25) is 5.02 Å². The van der Waals surface area contributed by atoms with E-state index in [4.69, 9.17) is 21.7 Å². The van der Waals surface area contributed by atoms with Crippen molar-refractivity contribution in [2.45, 2.75) is 33.2 Å². The zero-order chi connectivity index (χ0) is 28.4. The molecule has 5 rings (SSSR count). The van der Waals surface area contributed by atoms with Crippen molar-refractivity contribution < 1.29 is 14.7 Å².